The van der Waals surface area contributed by atoms with Gasteiger partial charge < -0.3 is 15.2 Å². The summed E-state index contributed by atoms with van der Waals surface area (Å²) in [5.41, 5.74) is 4.53. The van der Waals surface area contributed by atoms with Crippen LogP contribution in [0.2, 0.25) is 5.02 Å². The summed E-state index contributed by atoms with van der Waals surface area (Å²) in [5.74, 6) is -0.954. The molecular weight excluding hydrogens is 320 g/mol. The minimum atomic E-state index is -0.679. The Bertz CT molecular complexity index is 623. The zero-order chi connectivity index (χ0) is 17.8. The highest BCUT2D eigenvalue weighted by molar-refractivity contribution is 6.35. The minimum Gasteiger partial charge on any atom is -0.490 e. The van der Waals surface area contributed by atoms with E-state index < -0.39 is 23.6 Å². The quantitative estimate of drug-likeness (QED) is 0.613. The molecule has 126 valence electrons. The lowest BCUT2D eigenvalue weighted by Crippen LogP contribution is -2.31. The number of carbonyl (C=O) groups is 2. The molecule has 0 aliphatic heterocycles. The maximum Gasteiger partial charge on any atom is 0.352 e. The van der Waals surface area contributed by atoms with Crippen molar-refractivity contribution in [3.05, 3.63) is 28.8 Å². The van der Waals surface area contributed by atoms with Gasteiger partial charge in [0.2, 0.25) is 5.91 Å². The lowest BCUT2D eigenvalue weighted by molar-refractivity contribution is -0.146. The Kier molecular flexibility index (Phi) is 6.15. The van der Waals surface area contributed by atoms with Crippen molar-refractivity contribution in [3.63, 3.8) is 0 Å². The van der Waals surface area contributed by atoms with E-state index in [9.17, 15) is 9.59 Å². The molecule has 0 aromatic heterocycles. The molecule has 0 heterocycles. The molecule has 0 bridgehead atoms. The van der Waals surface area contributed by atoms with Crippen LogP contribution in [0.4, 0.5) is 0 Å². The highest BCUT2D eigenvalue weighted by atomic mass is 35.5. The number of ether oxygens (including phenoxy) is 2. The molecule has 1 atom stereocenters. The lowest BCUT2D eigenvalue weighted by Gasteiger charge is -2.21. The summed E-state index contributed by atoms with van der Waals surface area (Å²) in [6.07, 6.45) is -0.388. The van der Waals surface area contributed by atoms with Crippen LogP contribution in [-0.4, -0.2) is 29.3 Å². The first-order valence-corrected chi connectivity index (χ1v) is 7.44. The molecule has 1 aromatic rings. The first-order valence-electron chi connectivity index (χ1n) is 7.06. The number of rotatable bonds is 6. The van der Waals surface area contributed by atoms with Crippen molar-refractivity contribution >= 4 is 29.2 Å². The SMILES string of the molecule is C[C@@H](CC(=N)C(=O)OC(C)(C)C)Oc1ccc(Cl)c(C(N)=O)c1. The number of esters is 1. The molecule has 0 unspecified atom stereocenters. The highest BCUT2D eigenvalue weighted by Gasteiger charge is 2.22. The Morgan fingerprint density at radius 3 is 2.48 bits per heavy atom. The second kappa shape index (κ2) is 7.46. The predicted molar refractivity (Wildman–Crippen MR) is 88.2 cm³/mol. The van der Waals surface area contributed by atoms with Crippen LogP contribution in [0.5, 0.6) is 5.75 Å². The van der Waals surface area contributed by atoms with Gasteiger partial charge in [-0.2, -0.15) is 0 Å². The van der Waals surface area contributed by atoms with Gasteiger partial charge in [-0.1, -0.05) is 11.6 Å². The normalized spacial score (nSPS) is 12.4. The molecule has 3 N–H and O–H groups in total. The van der Waals surface area contributed by atoms with E-state index in [-0.39, 0.29) is 22.7 Å². The summed E-state index contributed by atoms with van der Waals surface area (Å²) >= 11 is 5.86. The average Bonchev–Trinajstić information content (AvgIpc) is 2.38. The number of nitrogens with two attached hydrogens (primary N) is 1. The Morgan fingerprint density at radius 2 is 1.96 bits per heavy atom. The summed E-state index contributed by atoms with van der Waals surface area (Å²) in [6, 6.07) is 4.52. The number of hydrogen-bond acceptors (Lipinski definition) is 5. The van der Waals surface area contributed by atoms with Gasteiger partial charge in [0.1, 0.15) is 23.2 Å². The zero-order valence-corrected chi connectivity index (χ0v) is 14.4. The molecular formula is C16H21ClN2O4. The molecule has 0 saturated heterocycles. The third kappa shape index (κ3) is 6.28. The molecule has 0 radical (unpaired) electrons. The van der Waals surface area contributed by atoms with Gasteiger partial charge in [0.05, 0.1) is 10.6 Å². The van der Waals surface area contributed by atoms with E-state index in [4.69, 9.17) is 32.2 Å². The molecule has 1 amide bonds. The summed E-state index contributed by atoms with van der Waals surface area (Å²) in [5, 5.41) is 8.00. The molecule has 1 aromatic carbocycles. The van der Waals surface area contributed by atoms with Crippen molar-refractivity contribution in [3.8, 4) is 5.75 Å². The number of halogens is 1. The van der Waals surface area contributed by atoms with Crippen LogP contribution >= 0.6 is 11.6 Å². The Balaban J connectivity index is 2.68. The summed E-state index contributed by atoms with van der Waals surface area (Å²) in [7, 11) is 0. The predicted octanol–water partition coefficient (Wildman–Crippen LogP) is 2.96. The molecule has 0 spiro atoms. The third-order valence-corrected chi connectivity index (χ3v) is 3.01. The van der Waals surface area contributed by atoms with Crippen molar-refractivity contribution in [2.24, 2.45) is 5.73 Å². The molecule has 0 aliphatic carbocycles. The van der Waals surface area contributed by atoms with E-state index in [1.165, 1.54) is 12.1 Å². The largest absolute Gasteiger partial charge is 0.490 e. The number of amides is 1. The fraction of sp³-hybridized carbons (Fsp3) is 0.438. The van der Waals surface area contributed by atoms with Crippen LogP contribution in [0.25, 0.3) is 0 Å². The van der Waals surface area contributed by atoms with Gasteiger partial charge in [-0.3, -0.25) is 10.2 Å². The maximum absolute atomic E-state index is 11.8. The molecule has 7 heteroatoms. The fourth-order valence-electron chi connectivity index (χ4n) is 1.75. The topological polar surface area (TPSA) is 102 Å². The standard InChI is InChI=1S/C16H21ClN2O4/c1-9(7-13(18)15(21)23-16(2,3)4)22-10-5-6-12(17)11(8-10)14(19)20/h5-6,8-9,18H,7H2,1-4H3,(H2,19,20)/t9-/m0/s1. The number of nitrogens with one attached hydrogen (secondary N) is 1. The Morgan fingerprint density at radius 1 is 1.35 bits per heavy atom. The van der Waals surface area contributed by atoms with Crippen molar-refractivity contribution in [1.82, 2.24) is 0 Å². The summed E-state index contributed by atoms with van der Waals surface area (Å²) in [4.78, 5) is 23.0. The van der Waals surface area contributed by atoms with Crippen LogP contribution in [0.15, 0.2) is 18.2 Å². The van der Waals surface area contributed by atoms with Gasteiger partial charge in [0, 0.05) is 6.42 Å². The lowest BCUT2D eigenvalue weighted by atomic mass is 10.1. The number of benzene rings is 1. The number of hydrogen-bond donors (Lipinski definition) is 2. The van der Waals surface area contributed by atoms with Gasteiger partial charge in [-0.15, -0.1) is 0 Å². The number of carbonyl (C=O) groups excluding carboxylic acids is 2. The van der Waals surface area contributed by atoms with E-state index in [2.05, 4.69) is 0 Å². The van der Waals surface area contributed by atoms with E-state index in [0.29, 0.717) is 5.75 Å². The van der Waals surface area contributed by atoms with Crippen molar-refractivity contribution in [1.29, 1.82) is 5.41 Å². The van der Waals surface area contributed by atoms with Gasteiger partial charge in [-0.05, 0) is 45.9 Å². The van der Waals surface area contributed by atoms with E-state index in [0.717, 1.165) is 0 Å². The van der Waals surface area contributed by atoms with Crippen molar-refractivity contribution in [2.75, 3.05) is 0 Å². The maximum atomic E-state index is 11.8. The van der Waals surface area contributed by atoms with Crippen LogP contribution in [0.3, 0.4) is 0 Å². The first kappa shape index (κ1) is 19.0. The second-order valence-electron chi connectivity index (χ2n) is 6.12. The molecule has 0 aliphatic rings. The van der Waals surface area contributed by atoms with E-state index >= 15 is 0 Å². The first-order chi connectivity index (χ1) is 10.5. The molecule has 23 heavy (non-hydrogen) atoms. The summed E-state index contributed by atoms with van der Waals surface area (Å²) in [6.45, 7) is 6.91. The Labute approximate surface area is 140 Å². The Hall–Kier alpha value is -2.08. The second-order valence-corrected chi connectivity index (χ2v) is 6.53. The van der Waals surface area contributed by atoms with Gasteiger partial charge in [0.25, 0.3) is 0 Å². The molecule has 6 nitrogen and oxygen atoms in total. The fourth-order valence-corrected chi connectivity index (χ4v) is 1.96. The van der Waals surface area contributed by atoms with Crippen LogP contribution in [0, 0.1) is 5.41 Å². The number of primary amides is 1. The average molecular weight is 341 g/mol. The van der Waals surface area contributed by atoms with Crippen LogP contribution < -0.4 is 10.5 Å². The van der Waals surface area contributed by atoms with Gasteiger partial charge >= 0.3 is 5.97 Å². The molecule has 0 saturated carbocycles. The van der Waals surface area contributed by atoms with Crippen LogP contribution in [0.1, 0.15) is 44.5 Å². The van der Waals surface area contributed by atoms with Gasteiger partial charge in [-0.25, -0.2) is 4.79 Å². The van der Waals surface area contributed by atoms with E-state index in [1.54, 1.807) is 33.8 Å². The van der Waals surface area contributed by atoms with Gasteiger partial charge in [0.15, 0.2) is 0 Å². The van der Waals surface area contributed by atoms with E-state index in [1.807, 2.05) is 0 Å². The van der Waals surface area contributed by atoms with Crippen LogP contribution in [-0.2, 0) is 9.53 Å². The third-order valence-electron chi connectivity index (χ3n) is 2.68. The zero-order valence-electron chi connectivity index (χ0n) is 13.6. The van der Waals surface area contributed by atoms with Crippen molar-refractivity contribution in [2.45, 2.75) is 45.8 Å². The summed E-state index contributed by atoms with van der Waals surface area (Å²) < 4.78 is 10.7. The monoisotopic (exact) mass is 340 g/mol. The molecule has 1 rings (SSSR count). The highest BCUT2D eigenvalue weighted by Crippen LogP contribution is 2.23. The van der Waals surface area contributed by atoms with Crippen molar-refractivity contribution < 1.29 is 19.1 Å². The smallest absolute Gasteiger partial charge is 0.352 e. The minimum absolute atomic E-state index is 0.0729. The molecule has 0 fully saturated rings.